The monoisotopic (exact) mass is 688 g/mol. The van der Waals surface area contributed by atoms with Crippen molar-refractivity contribution < 1.29 is 51.0 Å². The van der Waals surface area contributed by atoms with Gasteiger partial charge in [-0.05, 0) is 7.63 Å². The maximum Gasteiger partial charge on any atom is 4.00 e. The second kappa shape index (κ2) is 10.0. The Morgan fingerprint density at radius 3 is 1.60 bits per heavy atom. The number of hydrogen-bond donors (Lipinski definition) is 0. The summed E-state index contributed by atoms with van der Waals surface area (Å²) in [5.41, 5.74) is 2.61. The molecule has 0 saturated heterocycles. The Bertz CT molecular complexity index is 1250. The minimum atomic E-state index is 0. The minimum Gasteiger partial charge on any atom is -1.00 e. The Morgan fingerprint density at radius 2 is 1.17 bits per heavy atom. The molecule has 0 aromatic heterocycles. The fourth-order valence-corrected chi connectivity index (χ4v) is 8.47. The predicted molar refractivity (Wildman–Crippen MR) is 125 cm³/mol. The van der Waals surface area contributed by atoms with Gasteiger partial charge in [0.05, 0.1) is 0 Å². The van der Waals surface area contributed by atoms with Gasteiger partial charge in [0.2, 0.25) is 0 Å². The van der Waals surface area contributed by atoms with E-state index in [9.17, 15) is 0 Å². The molecule has 0 amide bonds. The largest absolute Gasteiger partial charge is 4.00 e. The van der Waals surface area contributed by atoms with Crippen molar-refractivity contribution in [1.82, 2.24) is 0 Å². The Kier molecular flexibility index (Phi) is 8.51. The molecule has 0 nitrogen and oxygen atoms in total. The molecule has 0 saturated carbocycles. The van der Waals surface area contributed by atoms with Crippen LogP contribution in [0.4, 0.5) is 0 Å². The number of benzene rings is 2. The first-order valence-electron chi connectivity index (χ1n) is 8.48. The van der Waals surface area contributed by atoms with Crippen LogP contribution in [0, 0.1) is 12.2 Å². The number of hydrogen-bond acceptors (Lipinski definition) is 3. The van der Waals surface area contributed by atoms with Crippen LogP contribution in [-0.2, 0) is 26.2 Å². The van der Waals surface area contributed by atoms with Crippen LogP contribution in [-0.4, -0.2) is 10.5 Å². The molecule has 2 unspecified atom stereocenters. The first-order valence-corrected chi connectivity index (χ1v) is 12.6. The molecule has 2 aliphatic heterocycles. The smallest absolute Gasteiger partial charge is 1.00 e. The Morgan fingerprint density at radius 1 is 0.733 bits per heavy atom. The normalized spacial score (nSPS) is 21.5. The first kappa shape index (κ1) is 25.5. The molecule has 2 aromatic rings. The zero-order valence-corrected chi connectivity index (χ0v) is 24.6. The van der Waals surface area contributed by atoms with Crippen molar-refractivity contribution in [3.05, 3.63) is 77.1 Å². The van der Waals surface area contributed by atoms with Crippen molar-refractivity contribution in [2.75, 3.05) is 0 Å². The zero-order chi connectivity index (χ0) is 18.1. The third-order valence-electron chi connectivity index (χ3n) is 5.06. The topological polar surface area (TPSA) is 0 Å². The average molecular weight is 692 g/mol. The Balaban J connectivity index is 0.000000853. The van der Waals surface area contributed by atoms with E-state index in [4.69, 9.17) is 0 Å². The third-order valence-corrected chi connectivity index (χ3v) is 9.60. The van der Waals surface area contributed by atoms with Crippen molar-refractivity contribution in [3.8, 4) is 0 Å². The molecule has 30 heavy (non-hydrogen) atoms. The summed E-state index contributed by atoms with van der Waals surface area (Å²) in [6, 6.07) is 13.3. The summed E-state index contributed by atoms with van der Waals surface area (Å²) in [7, 11) is 0. The van der Waals surface area contributed by atoms with Crippen molar-refractivity contribution in [2.45, 2.75) is 20.3 Å². The molecule has 0 radical (unpaired) electrons. The van der Waals surface area contributed by atoms with Gasteiger partial charge < -0.3 is 24.8 Å². The van der Waals surface area contributed by atoms with Gasteiger partial charge in [-0.1, -0.05) is 90.5 Å². The van der Waals surface area contributed by atoms with E-state index in [1.807, 2.05) is 35.3 Å². The Labute approximate surface area is 236 Å². The molecule has 0 bridgehead atoms. The fourth-order valence-electron chi connectivity index (χ4n) is 3.93. The van der Waals surface area contributed by atoms with Gasteiger partial charge in [0.1, 0.15) is 0 Å². The van der Waals surface area contributed by atoms with Crippen LogP contribution in [0.1, 0.15) is 0 Å². The SMILES string of the molecule is BrC1=[C-]C2=c3cccc(Sc4cccc5c4=CC4SC(Br)=[C-]C=54)c3=CC2S1.[Cl-].[Cl-].[Zr+4]. The van der Waals surface area contributed by atoms with Crippen LogP contribution < -0.4 is 45.7 Å². The van der Waals surface area contributed by atoms with Gasteiger partial charge in [0.25, 0.3) is 0 Å². The van der Waals surface area contributed by atoms with E-state index in [0.29, 0.717) is 10.5 Å². The first-order chi connectivity index (χ1) is 13.2. The van der Waals surface area contributed by atoms with Crippen LogP contribution in [0.3, 0.4) is 0 Å². The van der Waals surface area contributed by atoms with E-state index in [1.165, 1.54) is 41.8 Å². The molecule has 8 heteroatoms. The predicted octanol–water partition coefficient (Wildman–Crippen LogP) is -1.96. The van der Waals surface area contributed by atoms with Crippen LogP contribution in [0.2, 0.25) is 0 Å². The molecular formula is C22H10Br2Cl2S3Zr. The average Bonchev–Trinajstić information content (AvgIpc) is 3.35. The van der Waals surface area contributed by atoms with Crippen LogP contribution in [0.25, 0.3) is 23.3 Å². The van der Waals surface area contributed by atoms with Crippen LogP contribution >= 0.6 is 67.1 Å². The van der Waals surface area contributed by atoms with E-state index in [1.54, 1.807) is 0 Å². The number of thioether (sulfide) groups is 2. The molecule has 6 rings (SSSR count). The summed E-state index contributed by atoms with van der Waals surface area (Å²) in [5, 5.41) is 6.15. The van der Waals surface area contributed by atoms with Gasteiger partial charge >= 0.3 is 26.2 Å². The van der Waals surface area contributed by atoms with Gasteiger partial charge in [-0.15, -0.1) is 35.7 Å². The summed E-state index contributed by atoms with van der Waals surface area (Å²) in [5.74, 6) is 0. The maximum atomic E-state index is 3.58. The third kappa shape index (κ3) is 4.22. The standard InChI is InChI=1S/C22H10Br2S3.2ClH.Zr/c23-21-9-15-11-3-1-5-17(13(11)7-19(15)26-21)25-18-6-2-4-12-14(18)8-20-16(12)10-22(24)27-20;;;/h1-8,19-20H;2*1H;/q-2;;;+4/p-2. The van der Waals surface area contributed by atoms with Gasteiger partial charge in [-0.25, -0.2) is 12.2 Å². The summed E-state index contributed by atoms with van der Waals surface area (Å²) in [4.78, 5) is 2.65. The molecule has 0 fully saturated rings. The van der Waals surface area contributed by atoms with E-state index < -0.39 is 0 Å². The molecular weight excluding hydrogens is 682 g/mol. The van der Waals surface area contributed by atoms with Gasteiger partial charge in [0, 0.05) is 20.3 Å². The van der Waals surface area contributed by atoms with E-state index in [-0.39, 0.29) is 51.0 Å². The Hall–Kier alpha value is 0.873. The minimum absolute atomic E-state index is 0. The van der Waals surface area contributed by atoms with E-state index in [2.05, 4.69) is 92.6 Å². The number of halogens is 4. The van der Waals surface area contributed by atoms with Crippen molar-refractivity contribution >= 4 is 90.4 Å². The number of allylic oxidation sites excluding steroid dienone is 2. The van der Waals surface area contributed by atoms with Crippen molar-refractivity contribution in [3.63, 3.8) is 0 Å². The van der Waals surface area contributed by atoms with E-state index in [0.717, 1.165) is 7.63 Å². The van der Waals surface area contributed by atoms with Gasteiger partial charge in [-0.3, -0.25) is 0 Å². The summed E-state index contributed by atoms with van der Waals surface area (Å²) < 4.78 is 2.21. The maximum absolute atomic E-state index is 3.58. The molecule has 2 aliphatic carbocycles. The number of rotatable bonds is 2. The molecule has 2 heterocycles. The molecule has 148 valence electrons. The molecule has 2 atom stereocenters. The van der Waals surface area contributed by atoms with Crippen LogP contribution in [0.15, 0.2) is 53.8 Å². The van der Waals surface area contributed by atoms with Crippen molar-refractivity contribution in [2.24, 2.45) is 0 Å². The fraction of sp³-hybridized carbons (Fsp3) is 0.0909. The van der Waals surface area contributed by atoms with Gasteiger partial charge in [-0.2, -0.15) is 21.6 Å². The molecule has 4 aliphatic rings. The van der Waals surface area contributed by atoms with Gasteiger partial charge in [0.15, 0.2) is 0 Å². The molecule has 0 spiro atoms. The quantitative estimate of drug-likeness (QED) is 0.337. The molecule has 2 aromatic carbocycles. The second-order valence-electron chi connectivity index (χ2n) is 6.57. The molecule has 0 N–H and O–H groups in total. The van der Waals surface area contributed by atoms with Crippen molar-refractivity contribution in [1.29, 1.82) is 0 Å². The van der Waals surface area contributed by atoms with Crippen LogP contribution in [0.5, 0.6) is 0 Å². The summed E-state index contributed by atoms with van der Waals surface area (Å²) in [6.07, 6.45) is 11.7. The van der Waals surface area contributed by atoms with E-state index >= 15 is 0 Å². The zero-order valence-electron chi connectivity index (χ0n) is 15.0. The summed E-state index contributed by atoms with van der Waals surface area (Å²) in [6.45, 7) is 0. The number of fused-ring (bicyclic) bond motifs is 4. The summed E-state index contributed by atoms with van der Waals surface area (Å²) >= 11 is 12.7. The second-order valence-corrected chi connectivity index (χ2v) is 12.6.